The second kappa shape index (κ2) is 10.3. The first-order chi connectivity index (χ1) is 15.6. The Morgan fingerprint density at radius 3 is 2.44 bits per heavy atom. The van der Waals surface area contributed by atoms with Crippen LogP contribution in [0.5, 0.6) is 0 Å². The predicted octanol–water partition coefficient (Wildman–Crippen LogP) is 4.80. The smallest absolute Gasteiger partial charge is 0.407 e. The number of carbonyl (C=O) groups excluding carboxylic acids is 2. The van der Waals surface area contributed by atoms with Crippen molar-refractivity contribution in [1.29, 1.82) is 0 Å². The van der Waals surface area contributed by atoms with Gasteiger partial charge in [-0.1, -0.05) is 59.9 Å². The van der Waals surface area contributed by atoms with Crippen molar-refractivity contribution < 1.29 is 14.3 Å². The molecule has 2 amide bonds. The van der Waals surface area contributed by atoms with E-state index in [1.165, 1.54) is 0 Å². The summed E-state index contributed by atoms with van der Waals surface area (Å²) in [5.74, 6) is 0.311. The van der Waals surface area contributed by atoms with Gasteiger partial charge in [0.1, 0.15) is 12.6 Å². The van der Waals surface area contributed by atoms with E-state index in [1.54, 1.807) is 11.8 Å². The van der Waals surface area contributed by atoms with Crippen molar-refractivity contribution in [2.75, 3.05) is 23.9 Å². The lowest BCUT2D eigenvalue weighted by Crippen LogP contribution is -2.44. The Balaban J connectivity index is 1.41. The molecule has 2 aromatic carbocycles. The van der Waals surface area contributed by atoms with Crippen LogP contribution >= 0.6 is 35.3 Å². The highest BCUT2D eigenvalue weighted by Crippen LogP contribution is 2.44. The number of benzene rings is 2. The number of ether oxygens (including phenoxy) is 1. The highest BCUT2D eigenvalue weighted by Gasteiger charge is 2.29. The van der Waals surface area contributed by atoms with Gasteiger partial charge >= 0.3 is 6.09 Å². The topological polar surface area (TPSA) is 96.1 Å². The fourth-order valence-electron chi connectivity index (χ4n) is 3.76. The van der Waals surface area contributed by atoms with Gasteiger partial charge in [0.2, 0.25) is 11.0 Å². The Morgan fingerprint density at radius 1 is 1.19 bits per heavy atom. The van der Waals surface area contributed by atoms with Crippen LogP contribution in [0.4, 0.5) is 9.93 Å². The summed E-state index contributed by atoms with van der Waals surface area (Å²) in [6.07, 6.45) is 1.79. The second-order valence-electron chi connectivity index (χ2n) is 7.21. The van der Waals surface area contributed by atoms with Crippen LogP contribution in [0.3, 0.4) is 0 Å². The highest BCUT2D eigenvalue weighted by atomic mass is 32.2. The third kappa shape index (κ3) is 5.03. The van der Waals surface area contributed by atoms with Gasteiger partial charge in [-0.3, -0.25) is 15.2 Å². The number of nitrogens with one attached hydrogen (secondary N) is 3. The molecule has 32 heavy (non-hydrogen) atoms. The Kier molecular flexibility index (Phi) is 7.23. The number of nitrogens with zero attached hydrogens (tertiary/aromatic N) is 1. The zero-order valence-corrected chi connectivity index (χ0v) is 19.7. The van der Waals surface area contributed by atoms with Crippen molar-refractivity contribution in [3.05, 3.63) is 63.6 Å². The lowest BCUT2D eigenvalue weighted by molar-refractivity contribution is -0.118. The molecule has 10 heteroatoms. The van der Waals surface area contributed by atoms with E-state index in [0.29, 0.717) is 21.3 Å². The maximum Gasteiger partial charge on any atom is 0.407 e. The molecule has 3 aromatic rings. The maximum absolute atomic E-state index is 12.7. The number of amides is 2. The molecule has 3 N–H and O–H groups in total. The van der Waals surface area contributed by atoms with Gasteiger partial charge in [-0.25, -0.2) is 4.79 Å². The van der Waals surface area contributed by atoms with Crippen LogP contribution in [0.2, 0.25) is 0 Å². The quantitative estimate of drug-likeness (QED) is 0.396. The van der Waals surface area contributed by atoms with Crippen LogP contribution in [-0.4, -0.2) is 46.9 Å². The molecule has 1 heterocycles. The molecule has 0 radical (unpaired) electrons. The van der Waals surface area contributed by atoms with Crippen LogP contribution in [0.25, 0.3) is 11.1 Å². The first kappa shape index (κ1) is 22.5. The van der Waals surface area contributed by atoms with Gasteiger partial charge < -0.3 is 10.1 Å². The molecule has 0 spiro atoms. The van der Waals surface area contributed by atoms with E-state index in [1.807, 2.05) is 30.5 Å². The monoisotopic (exact) mass is 486 g/mol. The number of alkyl carbamates (subject to hydrolysis) is 1. The number of aromatic amines is 1. The third-order valence-electron chi connectivity index (χ3n) is 5.23. The molecule has 1 aromatic heterocycles. The molecule has 0 aliphatic heterocycles. The summed E-state index contributed by atoms with van der Waals surface area (Å²) in [6, 6.07) is 15.6. The van der Waals surface area contributed by atoms with Gasteiger partial charge in [-0.2, -0.15) is 11.8 Å². The zero-order valence-electron chi connectivity index (χ0n) is 17.3. The van der Waals surface area contributed by atoms with Crippen LogP contribution < -0.4 is 10.6 Å². The summed E-state index contributed by atoms with van der Waals surface area (Å²) >= 11 is 7.74. The summed E-state index contributed by atoms with van der Waals surface area (Å²) in [7, 11) is 0. The Bertz CT molecular complexity index is 1130. The molecule has 4 rings (SSSR count). The number of carbonyl (C=O) groups is 2. The first-order valence-corrected chi connectivity index (χ1v) is 12.7. The van der Waals surface area contributed by atoms with Crippen LogP contribution in [0.1, 0.15) is 23.5 Å². The fraction of sp³-hybridized carbons (Fsp3) is 0.273. The summed E-state index contributed by atoms with van der Waals surface area (Å²) < 4.78 is 6.05. The van der Waals surface area contributed by atoms with E-state index in [4.69, 9.17) is 17.0 Å². The van der Waals surface area contributed by atoms with Gasteiger partial charge in [0.25, 0.3) is 0 Å². The van der Waals surface area contributed by atoms with E-state index in [2.05, 4.69) is 45.1 Å². The standard InChI is InChI=1S/C22H22N4O3S3/c1-31-11-10-18(19(27)24-20-25-26-22(30)32-20)23-21(28)29-12-17-15-8-4-2-6-13(15)14-7-3-5-9-16(14)17/h2-9,17-18H,10-12H2,1H3,(H,23,28)(H,26,30)(H,24,25,27)/t18-/m0/s1. The minimum absolute atomic E-state index is 0.0389. The first-order valence-electron chi connectivity index (χ1n) is 10.0. The van der Waals surface area contributed by atoms with Gasteiger partial charge in [0.15, 0.2) is 3.95 Å². The molecule has 166 valence electrons. The molecule has 1 aliphatic rings. The summed E-state index contributed by atoms with van der Waals surface area (Å²) in [4.78, 5) is 25.3. The molecule has 1 aliphatic carbocycles. The number of thioether (sulfide) groups is 1. The van der Waals surface area contributed by atoms with E-state index in [9.17, 15) is 9.59 Å². The second-order valence-corrected chi connectivity index (χ2v) is 9.86. The number of rotatable bonds is 8. The third-order valence-corrected chi connectivity index (χ3v) is 6.88. The Hall–Kier alpha value is -2.69. The summed E-state index contributed by atoms with van der Waals surface area (Å²) in [5, 5.41) is 12.3. The van der Waals surface area contributed by atoms with Crippen LogP contribution in [-0.2, 0) is 9.53 Å². The molecule has 1 atom stereocenters. The Morgan fingerprint density at radius 2 is 1.84 bits per heavy atom. The van der Waals surface area contributed by atoms with Crippen molar-refractivity contribution in [2.24, 2.45) is 0 Å². The van der Waals surface area contributed by atoms with Crippen molar-refractivity contribution in [3.8, 4) is 11.1 Å². The lowest BCUT2D eigenvalue weighted by Gasteiger charge is -2.19. The van der Waals surface area contributed by atoms with Crippen molar-refractivity contribution >= 4 is 52.4 Å². The molecule has 0 fully saturated rings. The molecule has 0 saturated heterocycles. The molecule has 0 bridgehead atoms. The van der Waals surface area contributed by atoms with Gasteiger partial charge in [0.05, 0.1) is 0 Å². The average molecular weight is 487 g/mol. The largest absolute Gasteiger partial charge is 0.449 e. The molecular formula is C22H22N4O3S3. The highest BCUT2D eigenvalue weighted by molar-refractivity contribution is 7.98. The van der Waals surface area contributed by atoms with Gasteiger partial charge in [-0.15, -0.1) is 5.10 Å². The SMILES string of the molecule is CSCC[C@H](NC(=O)OCC1c2ccccc2-c2ccccc21)C(=O)Nc1n[nH]c(=S)s1. The van der Waals surface area contributed by atoms with Crippen molar-refractivity contribution in [3.63, 3.8) is 0 Å². The van der Waals surface area contributed by atoms with E-state index in [0.717, 1.165) is 33.6 Å². The molecular weight excluding hydrogens is 464 g/mol. The number of H-pyrrole nitrogens is 1. The van der Waals surface area contributed by atoms with Gasteiger partial charge in [0, 0.05) is 5.92 Å². The summed E-state index contributed by atoms with van der Waals surface area (Å²) in [6.45, 7) is 0.192. The maximum atomic E-state index is 12.7. The van der Waals surface area contributed by atoms with Crippen LogP contribution in [0.15, 0.2) is 48.5 Å². The normalized spacial score (nSPS) is 13.2. The minimum Gasteiger partial charge on any atom is -0.449 e. The molecule has 0 saturated carbocycles. The minimum atomic E-state index is -0.740. The van der Waals surface area contributed by atoms with E-state index < -0.39 is 12.1 Å². The Labute approximate surface area is 199 Å². The number of fused-ring (bicyclic) bond motifs is 3. The number of hydrogen-bond acceptors (Lipinski definition) is 7. The lowest BCUT2D eigenvalue weighted by atomic mass is 9.98. The number of anilines is 1. The summed E-state index contributed by atoms with van der Waals surface area (Å²) in [5.41, 5.74) is 4.60. The molecule has 7 nitrogen and oxygen atoms in total. The average Bonchev–Trinajstić information content (AvgIpc) is 3.35. The number of hydrogen-bond donors (Lipinski definition) is 3. The van der Waals surface area contributed by atoms with E-state index >= 15 is 0 Å². The van der Waals surface area contributed by atoms with Crippen molar-refractivity contribution in [2.45, 2.75) is 18.4 Å². The zero-order chi connectivity index (χ0) is 22.5. The predicted molar refractivity (Wildman–Crippen MR) is 131 cm³/mol. The van der Waals surface area contributed by atoms with Crippen LogP contribution in [0, 0.1) is 3.95 Å². The molecule has 0 unspecified atom stereocenters. The fourth-order valence-corrected chi connectivity index (χ4v) is 5.03. The van der Waals surface area contributed by atoms with Crippen molar-refractivity contribution in [1.82, 2.24) is 15.5 Å². The number of aromatic nitrogens is 2. The van der Waals surface area contributed by atoms with E-state index in [-0.39, 0.29) is 18.4 Å². The van der Waals surface area contributed by atoms with Gasteiger partial charge in [-0.05, 0) is 52.9 Å².